The molecule has 3 nitrogen and oxygen atoms in total. The third-order valence-corrected chi connectivity index (χ3v) is 1.90. The van der Waals surface area contributed by atoms with Crippen LogP contribution in [0.25, 0.3) is 0 Å². The van der Waals surface area contributed by atoms with Crippen LogP contribution in [-0.2, 0) is 0 Å². The van der Waals surface area contributed by atoms with Gasteiger partial charge < -0.3 is 10.1 Å². The fraction of sp³-hybridized carbons (Fsp3) is 0.545. The number of pyridine rings is 1. The number of nitrogens with zero attached hydrogens (tertiary/aromatic N) is 1. The lowest BCUT2D eigenvalue weighted by Crippen LogP contribution is -2.16. The van der Waals surface area contributed by atoms with E-state index in [1.807, 2.05) is 19.1 Å². The van der Waals surface area contributed by atoms with Gasteiger partial charge in [0.1, 0.15) is 5.75 Å². The molecule has 0 bridgehead atoms. The molecule has 1 rings (SSSR count). The zero-order valence-electron chi connectivity index (χ0n) is 8.92. The molecule has 0 aliphatic carbocycles. The minimum atomic E-state index is 0.748. The van der Waals surface area contributed by atoms with E-state index in [-0.39, 0.29) is 0 Å². The molecule has 3 heteroatoms. The van der Waals surface area contributed by atoms with Crippen molar-refractivity contribution in [3.8, 4) is 5.75 Å². The van der Waals surface area contributed by atoms with E-state index in [0.29, 0.717) is 0 Å². The van der Waals surface area contributed by atoms with Gasteiger partial charge in [0.25, 0.3) is 0 Å². The van der Waals surface area contributed by atoms with Gasteiger partial charge in [-0.1, -0.05) is 6.92 Å². The predicted octanol–water partition coefficient (Wildman–Crippen LogP) is 1.77. The number of aromatic nitrogens is 1. The lowest BCUT2D eigenvalue weighted by Gasteiger charge is -2.05. The quantitative estimate of drug-likeness (QED) is 0.701. The summed E-state index contributed by atoms with van der Waals surface area (Å²) in [4.78, 5) is 4.15. The van der Waals surface area contributed by atoms with Crippen LogP contribution in [0.5, 0.6) is 5.75 Å². The monoisotopic (exact) mass is 194 g/mol. The summed E-state index contributed by atoms with van der Waals surface area (Å²) in [7, 11) is 0. The van der Waals surface area contributed by atoms with E-state index in [1.54, 1.807) is 6.20 Å². The summed E-state index contributed by atoms with van der Waals surface area (Å²) in [6, 6.07) is 3.91. The summed E-state index contributed by atoms with van der Waals surface area (Å²) < 4.78 is 5.51. The lowest BCUT2D eigenvalue weighted by atomic mass is 10.4. The highest BCUT2D eigenvalue weighted by molar-refractivity contribution is 5.18. The van der Waals surface area contributed by atoms with E-state index in [0.717, 1.165) is 37.6 Å². The summed E-state index contributed by atoms with van der Waals surface area (Å²) in [5, 5.41) is 3.25. The van der Waals surface area contributed by atoms with Crippen LogP contribution in [0.15, 0.2) is 18.3 Å². The van der Waals surface area contributed by atoms with Gasteiger partial charge in [0.15, 0.2) is 0 Å². The van der Waals surface area contributed by atoms with Crippen LogP contribution in [0, 0.1) is 6.92 Å². The van der Waals surface area contributed by atoms with Gasteiger partial charge >= 0.3 is 0 Å². The van der Waals surface area contributed by atoms with Crippen molar-refractivity contribution in [3.05, 3.63) is 24.0 Å². The average Bonchev–Trinajstić information content (AvgIpc) is 2.21. The van der Waals surface area contributed by atoms with Gasteiger partial charge in [-0.25, -0.2) is 0 Å². The molecule has 0 aliphatic rings. The minimum Gasteiger partial charge on any atom is -0.492 e. The van der Waals surface area contributed by atoms with E-state index in [4.69, 9.17) is 4.74 Å². The molecule has 1 heterocycles. The van der Waals surface area contributed by atoms with Crippen LogP contribution >= 0.6 is 0 Å². The Bertz CT molecular complexity index is 246. The zero-order chi connectivity index (χ0) is 10.2. The maximum Gasteiger partial charge on any atom is 0.137 e. The molecule has 14 heavy (non-hydrogen) atoms. The third kappa shape index (κ3) is 4.23. The van der Waals surface area contributed by atoms with E-state index in [1.165, 1.54) is 0 Å². The number of aryl methyl sites for hydroxylation is 1. The van der Waals surface area contributed by atoms with E-state index in [9.17, 15) is 0 Å². The summed E-state index contributed by atoms with van der Waals surface area (Å²) >= 11 is 0. The van der Waals surface area contributed by atoms with Crippen LogP contribution in [-0.4, -0.2) is 24.7 Å². The summed E-state index contributed by atoms with van der Waals surface area (Å²) in [5.74, 6) is 0.854. The first kappa shape index (κ1) is 11.0. The fourth-order valence-corrected chi connectivity index (χ4v) is 1.10. The number of rotatable bonds is 6. The molecule has 0 fully saturated rings. The second-order valence-corrected chi connectivity index (χ2v) is 3.19. The Morgan fingerprint density at radius 3 is 2.93 bits per heavy atom. The molecule has 0 aromatic carbocycles. The number of hydrogen-bond acceptors (Lipinski definition) is 3. The SMILES string of the molecule is CCNCCCOc1ccc(C)nc1. The highest BCUT2D eigenvalue weighted by Gasteiger charge is 1.93. The van der Waals surface area contributed by atoms with Crippen molar-refractivity contribution in [1.29, 1.82) is 0 Å². The van der Waals surface area contributed by atoms with E-state index in [2.05, 4.69) is 17.2 Å². The second kappa shape index (κ2) is 6.38. The van der Waals surface area contributed by atoms with Gasteiger partial charge in [-0.3, -0.25) is 4.98 Å². The van der Waals surface area contributed by atoms with Crippen molar-refractivity contribution in [2.24, 2.45) is 0 Å². The second-order valence-electron chi connectivity index (χ2n) is 3.19. The molecule has 1 aromatic heterocycles. The largest absolute Gasteiger partial charge is 0.492 e. The summed E-state index contributed by atoms with van der Waals surface area (Å²) in [6.07, 6.45) is 2.80. The standard InChI is InChI=1S/C11H18N2O/c1-3-12-7-4-8-14-11-6-5-10(2)13-9-11/h5-6,9,12H,3-4,7-8H2,1-2H3. The molecule has 0 spiro atoms. The maximum absolute atomic E-state index is 5.51. The molecule has 1 N–H and O–H groups in total. The third-order valence-electron chi connectivity index (χ3n) is 1.90. The lowest BCUT2D eigenvalue weighted by molar-refractivity contribution is 0.307. The molecule has 0 unspecified atom stereocenters. The average molecular weight is 194 g/mol. The normalized spacial score (nSPS) is 10.1. The number of hydrogen-bond donors (Lipinski definition) is 1. The van der Waals surface area contributed by atoms with Crippen LogP contribution in [0.2, 0.25) is 0 Å². The Labute approximate surface area is 85.5 Å². The highest BCUT2D eigenvalue weighted by Crippen LogP contribution is 2.08. The van der Waals surface area contributed by atoms with Gasteiger partial charge in [-0.15, -0.1) is 0 Å². The van der Waals surface area contributed by atoms with Gasteiger partial charge in [-0.05, 0) is 38.6 Å². The van der Waals surface area contributed by atoms with Gasteiger partial charge in [-0.2, -0.15) is 0 Å². The Morgan fingerprint density at radius 1 is 1.43 bits per heavy atom. The topological polar surface area (TPSA) is 34.1 Å². The Hall–Kier alpha value is -1.09. The van der Waals surface area contributed by atoms with Crippen LogP contribution in [0.4, 0.5) is 0 Å². The predicted molar refractivity (Wildman–Crippen MR) is 57.6 cm³/mol. The first-order valence-corrected chi connectivity index (χ1v) is 5.09. The van der Waals surface area contributed by atoms with E-state index < -0.39 is 0 Å². The van der Waals surface area contributed by atoms with Gasteiger partial charge in [0.2, 0.25) is 0 Å². The highest BCUT2D eigenvalue weighted by atomic mass is 16.5. The zero-order valence-corrected chi connectivity index (χ0v) is 8.92. The number of nitrogens with one attached hydrogen (secondary N) is 1. The fourth-order valence-electron chi connectivity index (χ4n) is 1.10. The smallest absolute Gasteiger partial charge is 0.137 e. The Kier molecular flexibility index (Phi) is 5.00. The molecule has 0 saturated heterocycles. The molecule has 0 amide bonds. The van der Waals surface area contributed by atoms with Crippen molar-refractivity contribution >= 4 is 0 Å². The van der Waals surface area contributed by atoms with Crippen molar-refractivity contribution in [2.45, 2.75) is 20.3 Å². The number of ether oxygens (including phenoxy) is 1. The molecule has 0 aliphatic heterocycles. The minimum absolute atomic E-state index is 0.748. The molecule has 0 saturated carbocycles. The molecular formula is C11H18N2O. The van der Waals surface area contributed by atoms with Crippen LogP contribution in [0.3, 0.4) is 0 Å². The van der Waals surface area contributed by atoms with Crippen molar-refractivity contribution in [3.63, 3.8) is 0 Å². The molecule has 0 radical (unpaired) electrons. The maximum atomic E-state index is 5.51. The summed E-state index contributed by atoms with van der Waals surface area (Å²) in [5.41, 5.74) is 1.02. The Balaban J connectivity index is 2.15. The molecular weight excluding hydrogens is 176 g/mol. The summed E-state index contributed by atoms with van der Waals surface area (Å²) in [6.45, 7) is 6.85. The van der Waals surface area contributed by atoms with Crippen molar-refractivity contribution in [2.75, 3.05) is 19.7 Å². The van der Waals surface area contributed by atoms with E-state index >= 15 is 0 Å². The first-order chi connectivity index (χ1) is 6.83. The van der Waals surface area contributed by atoms with Crippen molar-refractivity contribution in [1.82, 2.24) is 10.3 Å². The molecule has 1 aromatic rings. The van der Waals surface area contributed by atoms with Crippen molar-refractivity contribution < 1.29 is 4.74 Å². The Morgan fingerprint density at radius 2 is 2.29 bits per heavy atom. The van der Waals surface area contributed by atoms with Gasteiger partial charge in [0.05, 0.1) is 12.8 Å². The van der Waals surface area contributed by atoms with Crippen LogP contribution in [0.1, 0.15) is 19.0 Å². The molecule has 78 valence electrons. The van der Waals surface area contributed by atoms with Gasteiger partial charge in [0, 0.05) is 5.69 Å². The van der Waals surface area contributed by atoms with Crippen LogP contribution < -0.4 is 10.1 Å². The first-order valence-electron chi connectivity index (χ1n) is 5.09. The molecule has 0 atom stereocenters.